The molecule has 0 amide bonds. The normalized spacial score (nSPS) is 29.5. The van der Waals surface area contributed by atoms with E-state index in [0.717, 1.165) is 37.5 Å². The summed E-state index contributed by atoms with van der Waals surface area (Å²) in [6.45, 7) is 6.71. The van der Waals surface area contributed by atoms with E-state index in [2.05, 4.69) is 20.8 Å². The summed E-state index contributed by atoms with van der Waals surface area (Å²) < 4.78 is 0. The number of aliphatic carboxylic acids is 1. The van der Waals surface area contributed by atoms with Crippen molar-refractivity contribution in [3.8, 4) is 0 Å². The van der Waals surface area contributed by atoms with Gasteiger partial charge in [-0.2, -0.15) is 0 Å². The van der Waals surface area contributed by atoms with E-state index < -0.39 is 5.97 Å². The molecule has 17 heavy (non-hydrogen) atoms. The molecule has 0 aliphatic heterocycles. The lowest BCUT2D eigenvalue weighted by molar-refractivity contribution is -0.145. The van der Waals surface area contributed by atoms with Crippen LogP contribution in [0.2, 0.25) is 0 Å². The quantitative estimate of drug-likeness (QED) is 0.750. The minimum atomic E-state index is -0.561. The summed E-state index contributed by atoms with van der Waals surface area (Å²) in [5.41, 5.74) is 0. The first-order chi connectivity index (χ1) is 8.04. The van der Waals surface area contributed by atoms with Gasteiger partial charge in [0.15, 0.2) is 0 Å². The van der Waals surface area contributed by atoms with E-state index in [1.54, 1.807) is 0 Å². The molecule has 0 spiro atoms. The van der Waals surface area contributed by atoms with Gasteiger partial charge in [0.1, 0.15) is 0 Å². The Morgan fingerprint density at radius 2 is 2.06 bits per heavy atom. The zero-order valence-corrected chi connectivity index (χ0v) is 11.6. The van der Waals surface area contributed by atoms with E-state index in [1.165, 1.54) is 19.3 Å². The first-order valence-corrected chi connectivity index (χ1v) is 7.27. The molecule has 1 N–H and O–H groups in total. The van der Waals surface area contributed by atoms with Crippen LogP contribution < -0.4 is 0 Å². The van der Waals surface area contributed by atoms with Crippen LogP contribution in [0.3, 0.4) is 0 Å². The number of carboxylic acid groups (broad SMARTS) is 1. The van der Waals surface area contributed by atoms with Crippen LogP contribution in [0.4, 0.5) is 0 Å². The van der Waals surface area contributed by atoms with Crippen molar-refractivity contribution in [3.05, 3.63) is 0 Å². The third-order valence-electron chi connectivity index (χ3n) is 4.34. The maximum absolute atomic E-state index is 11.3. The molecule has 1 aliphatic carbocycles. The Hall–Kier alpha value is -0.530. The van der Waals surface area contributed by atoms with Gasteiger partial charge >= 0.3 is 5.97 Å². The lowest BCUT2D eigenvalue weighted by Gasteiger charge is -2.33. The molecule has 1 fully saturated rings. The van der Waals surface area contributed by atoms with Crippen LogP contribution in [0.25, 0.3) is 0 Å². The third-order valence-corrected chi connectivity index (χ3v) is 4.34. The van der Waals surface area contributed by atoms with E-state index in [1.807, 2.05) is 0 Å². The van der Waals surface area contributed by atoms with Gasteiger partial charge in [-0.3, -0.25) is 4.79 Å². The second kappa shape index (κ2) is 7.03. The second-order valence-corrected chi connectivity index (χ2v) is 6.12. The minimum absolute atomic E-state index is 0.0648. The highest BCUT2D eigenvalue weighted by Gasteiger charge is 2.33. The highest BCUT2D eigenvalue weighted by molar-refractivity contribution is 5.70. The van der Waals surface area contributed by atoms with Crippen molar-refractivity contribution in [2.45, 2.75) is 65.7 Å². The van der Waals surface area contributed by atoms with Crippen molar-refractivity contribution in [1.82, 2.24) is 0 Å². The Morgan fingerprint density at radius 3 is 2.59 bits per heavy atom. The van der Waals surface area contributed by atoms with Gasteiger partial charge in [-0.1, -0.05) is 40.0 Å². The highest BCUT2D eigenvalue weighted by Crippen LogP contribution is 2.38. The molecule has 0 aromatic carbocycles. The molecule has 2 nitrogen and oxygen atoms in total. The van der Waals surface area contributed by atoms with Gasteiger partial charge in [0.2, 0.25) is 0 Å². The monoisotopic (exact) mass is 240 g/mol. The fourth-order valence-electron chi connectivity index (χ4n) is 3.16. The molecular formula is C15H28O2. The molecular weight excluding hydrogens is 212 g/mol. The molecule has 0 radical (unpaired) electrons. The molecule has 1 rings (SSSR count). The van der Waals surface area contributed by atoms with Crippen LogP contribution >= 0.6 is 0 Å². The summed E-state index contributed by atoms with van der Waals surface area (Å²) in [5, 5.41) is 9.28. The van der Waals surface area contributed by atoms with E-state index in [0.29, 0.717) is 5.92 Å². The van der Waals surface area contributed by atoms with Crippen LogP contribution in [-0.2, 0) is 4.79 Å². The maximum Gasteiger partial charge on any atom is 0.306 e. The fraction of sp³-hybridized carbons (Fsp3) is 0.933. The molecule has 0 aromatic rings. The lowest BCUT2D eigenvalue weighted by atomic mass is 9.71. The third kappa shape index (κ3) is 4.69. The zero-order chi connectivity index (χ0) is 12.8. The van der Waals surface area contributed by atoms with Crippen molar-refractivity contribution in [3.63, 3.8) is 0 Å². The average molecular weight is 240 g/mol. The van der Waals surface area contributed by atoms with Gasteiger partial charge in [-0.25, -0.2) is 0 Å². The van der Waals surface area contributed by atoms with E-state index in [9.17, 15) is 9.90 Å². The molecule has 1 saturated carbocycles. The Morgan fingerprint density at radius 1 is 1.35 bits per heavy atom. The summed E-state index contributed by atoms with van der Waals surface area (Å²) >= 11 is 0. The van der Waals surface area contributed by atoms with Crippen LogP contribution in [0.1, 0.15) is 65.7 Å². The fourth-order valence-corrected chi connectivity index (χ4v) is 3.16. The standard InChI is InChI=1S/C15H28O2/c1-4-12-8-9-14(15(16)17)13(10-12)7-5-6-11(2)3/h11-14H,4-10H2,1-3H3,(H,16,17). The highest BCUT2D eigenvalue weighted by atomic mass is 16.4. The predicted molar refractivity (Wildman–Crippen MR) is 70.9 cm³/mol. The molecule has 0 heterocycles. The summed E-state index contributed by atoms with van der Waals surface area (Å²) in [6, 6.07) is 0. The predicted octanol–water partition coefficient (Wildman–Crippen LogP) is 4.34. The van der Waals surface area contributed by atoms with Crippen molar-refractivity contribution < 1.29 is 9.90 Å². The van der Waals surface area contributed by atoms with E-state index in [-0.39, 0.29) is 5.92 Å². The smallest absolute Gasteiger partial charge is 0.306 e. The second-order valence-electron chi connectivity index (χ2n) is 6.12. The summed E-state index contributed by atoms with van der Waals surface area (Å²) in [7, 11) is 0. The van der Waals surface area contributed by atoms with Gasteiger partial charge in [0.05, 0.1) is 5.92 Å². The van der Waals surface area contributed by atoms with E-state index in [4.69, 9.17) is 0 Å². The maximum atomic E-state index is 11.3. The Labute approximate surface area is 106 Å². The van der Waals surface area contributed by atoms with Crippen LogP contribution in [0.15, 0.2) is 0 Å². The van der Waals surface area contributed by atoms with Gasteiger partial charge in [0, 0.05) is 0 Å². The van der Waals surface area contributed by atoms with Gasteiger partial charge in [-0.15, -0.1) is 0 Å². The molecule has 0 bridgehead atoms. The Balaban J connectivity index is 2.46. The van der Waals surface area contributed by atoms with Gasteiger partial charge < -0.3 is 5.11 Å². The summed E-state index contributed by atoms with van der Waals surface area (Å²) in [6.07, 6.45) is 7.93. The Kier molecular flexibility index (Phi) is 6.01. The largest absolute Gasteiger partial charge is 0.481 e. The molecule has 1 aliphatic rings. The van der Waals surface area contributed by atoms with Crippen molar-refractivity contribution in [1.29, 1.82) is 0 Å². The van der Waals surface area contributed by atoms with E-state index >= 15 is 0 Å². The van der Waals surface area contributed by atoms with Gasteiger partial charge in [-0.05, 0) is 43.4 Å². The molecule has 100 valence electrons. The first-order valence-electron chi connectivity index (χ1n) is 7.27. The topological polar surface area (TPSA) is 37.3 Å². The molecule has 3 atom stereocenters. The van der Waals surface area contributed by atoms with Crippen molar-refractivity contribution in [2.75, 3.05) is 0 Å². The Bertz CT molecular complexity index is 235. The van der Waals surface area contributed by atoms with Crippen molar-refractivity contribution >= 4 is 5.97 Å². The first kappa shape index (κ1) is 14.5. The molecule has 2 heteroatoms. The number of carboxylic acids is 1. The molecule has 0 saturated heterocycles. The summed E-state index contributed by atoms with van der Waals surface area (Å²) in [4.78, 5) is 11.3. The van der Waals surface area contributed by atoms with Crippen LogP contribution in [0.5, 0.6) is 0 Å². The van der Waals surface area contributed by atoms with Crippen LogP contribution in [0, 0.1) is 23.7 Å². The number of carbonyl (C=O) groups is 1. The SMILES string of the molecule is CCC1CCC(C(=O)O)C(CCCC(C)C)C1. The van der Waals surface area contributed by atoms with Crippen molar-refractivity contribution in [2.24, 2.45) is 23.7 Å². The molecule has 3 unspecified atom stereocenters. The van der Waals surface area contributed by atoms with Gasteiger partial charge in [0.25, 0.3) is 0 Å². The summed E-state index contributed by atoms with van der Waals surface area (Å²) in [5.74, 6) is 1.32. The zero-order valence-electron chi connectivity index (χ0n) is 11.6. The number of hydrogen-bond donors (Lipinski definition) is 1. The lowest BCUT2D eigenvalue weighted by Crippen LogP contribution is -2.30. The number of rotatable bonds is 6. The van der Waals surface area contributed by atoms with Crippen LogP contribution in [-0.4, -0.2) is 11.1 Å². The average Bonchev–Trinajstić information content (AvgIpc) is 2.28. The minimum Gasteiger partial charge on any atom is -0.481 e. The number of hydrogen-bond acceptors (Lipinski definition) is 1. The molecule has 0 aromatic heterocycles.